The Bertz CT molecular complexity index is 1150. The van der Waals surface area contributed by atoms with Crippen molar-refractivity contribution in [3.63, 3.8) is 0 Å². The van der Waals surface area contributed by atoms with Gasteiger partial charge in [-0.05, 0) is 72.5 Å². The summed E-state index contributed by atoms with van der Waals surface area (Å²) in [6, 6.07) is 11.9. The van der Waals surface area contributed by atoms with Crippen molar-refractivity contribution in [3.8, 4) is 0 Å². The maximum Gasteiger partial charge on any atom is 0.246 e. The van der Waals surface area contributed by atoms with Crippen molar-refractivity contribution in [2.24, 2.45) is 11.8 Å². The number of halogens is 2. The first-order valence-electron chi connectivity index (χ1n) is 13.0. The summed E-state index contributed by atoms with van der Waals surface area (Å²) in [6.07, 6.45) is 9.60. The van der Waals surface area contributed by atoms with E-state index in [1.54, 1.807) is 4.90 Å². The predicted octanol–water partition coefficient (Wildman–Crippen LogP) is 4.88. The Morgan fingerprint density at radius 3 is 2.58 bits per heavy atom. The minimum absolute atomic E-state index is 0.106. The summed E-state index contributed by atoms with van der Waals surface area (Å²) in [5, 5.41) is 11.0. The van der Waals surface area contributed by atoms with Crippen LogP contribution in [0.5, 0.6) is 0 Å². The Hall–Kier alpha value is -2.83. The molecule has 2 aliphatic heterocycles. The standard InChI is InChI=1S/C30H34F2N2O2/c1-21-19-33(15-12-30(21)11-8-23-4-2-3-5-27(23)30)20-28(35)24-9-13-34(14-10-24)29(36)7-6-22-16-25(31)18-26(32)17-22/h2-8,11,16-18,21,24,28,35H,9-10,12-15,19-20H2,1H3/b7-6+/t21-,28?,30-/m0/s1. The lowest BCUT2D eigenvalue weighted by atomic mass is 9.68. The van der Waals surface area contributed by atoms with E-state index in [9.17, 15) is 18.7 Å². The predicted molar refractivity (Wildman–Crippen MR) is 138 cm³/mol. The van der Waals surface area contributed by atoms with Crippen LogP contribution in [0.3, 0.4) is 0 Å². The highest BCUT2D eigenvalue weighted by Crippen LogP contribution is 2.46. The smallest absolute Gasteiger partial charge is 0.246 e. The number of likely N-dealkylation sites (tertiary alicyclic amines) is 2. The van der Waals surface area contributed by atoms with Crippen LogP contribution < -0.4 is 0 Å². The van der Waals surface area contributed by atoms with Crippen molar-refractivity contribution < 1.29 is 18.7 Å². The Balaban J connectivity index is 1.11. The average molecular weight is 493 g/mol. The topological polar surface area (TPSA) is 43.8 Å². The highest BCUT2D eigenvalue weighted by atomic mass is 19.1. The van der Waals surface area contributed by atoms with E-state index >= 15 is 0 Å². The lowest BCUT2D eigenvalue weighted by Gasteiger charge is -2.45. The Morgan fingerprint density at radius 1 is 1.14 bits per heavy atom. The summed E-state index contributed by atoms with van der Waals surface area (Å²) in [7, 11) is 0. The second kappa shape index (κ2) is 10.3. The molecule has 1 unspecified atom stereocenters. The summed E-state index contributed by atoms with van der Waals surface area (Å²) in [5.41, 5.74) is 3.19. The van der Waals surface area contributed by atoms with Gasteiger partial charge in [-0.15, -0.1) is 0 Å². The van der Waals surface area contributed by atoms with Crippen molar-refractivity contribution in [3.05, 3.63) is 82.9 Å². The van der Waals surface area contributed by atoms with Gasteiger partial charge in [0.05, 0.1) is 6.10 Å². The van der Waals surface area contributed by atoms with Crippen LogP contribution in [-0.4, -0.2) is 59.6 Å². The zero-order chi connectivity index (χ0) is 25.3. The number of nitrogens with zero attached hydrogens (tertiary/aromatic N) is 2. The second-order valence-electron chi connectivity index (χ2n) is 10.6. The van der Waals surface area contributed by atoms with Crippen molar-refractivity contribution >= 4 is 18.1 Å². The molecule has 2 saturated heterocycles. The first kappa shape index (κ1) is 24.8. The largest absolute Gasteiger partial charge is 0.392 e. The number of carbonyl (C=O) groups is 1. The molecule has 5 rings (SSSR count). The number of rotatable bonds is 5. The summed E-state index contributed by atoms with van der Waals surface area (Å²) in [5.74, 6) is -0.878. The quantitative estimate of drug-likeness (QED) is 0.605. The van der Waals surface area contributed by atoms with Crippen LogP contribution in [0.15, 0.2) is 54.6 Å². The molecule has 0 radical (unpaired) electrons. The zero-order valence-corrected chi connectivity index (χ0v) is 20.7. The van der Waals surface area contributed by atoms with E-state index in [-0.39, 0.29) is 17.2 Å². The number of fused-ring (bicyclic) bond motifs is 2. The highest BCUT2D eigenvalue weighted by Gasteiger charge is 2.43. The van der Waals surface area contributed by atoms with Gasteiger partial charge in [0, 0.05) is 43.7 Å². The molecule has 0 aromatic heterocycles. The number of carbonyl (C=O) groups excluding carboxylic acids is 1. The van der Waals surface area contributed by atoms with Crippen LogP contribution in [0.4, 0.5) is 8.78 Å². The fourth-order valence-electron chi connectivity index (χ4n) is 6.30. The first-order chi connectivity index (χ1) is 17.3. The number of β-amino-alcohol motifs (C(OH)–C–C–N with tert-alkyl or cyclic N) is 1. The number of aliphatic hydroxyl groups is 1. The van der Waals surface area contributed by atoms with E-state index in [1.165, 1.54) is 35.4 Å². The van der Waals surface area contributed by atoms with E-state index in [2.05, 4.69) is 48.2 Å². The van der Waals surface area contributed by atoms with Gasteiger partial charge in [-0.1, -0.05) is 43.3 Å². The highest BCUT2D eigenvalue weighted by molar-refractivity contribution is 5.91. The van der Waals surface area contributed by atoms with Gasteiger partial charge in [0.2, 0.25) is 5.91 Å². The van der Waals surface area contributed by atoms with Gasteiger partial charge in [-0.3, -0.25) is 4.79 Å². The molecule has 2 fully saturated rings. The molecular weight excluding hydrogens is 458 g/mol. The van der Waals surface area contributed by atoms with Crippen molar-refractivity contribution in [1.29, 1.82) is 0 Å². The molecule has 2 aromatic rings. The van der Waals surface area contributed by atoms with Crippen molar-refractivity contribution in [1.82, 2.24) is 9.80 Å². The minimum atomic E-state index is -0.667. The van der Waals surface area contributed by atoms with Crippen LogP contribution in [-0.2, 0) is 10.2 Å². The maximum absolute atomic E-state index is 13.4. The number of hydrogen-bond donors (Lipinski definition) is 1. The van der Waals surface area contributed by atoms with E-state index in [0.717, 1.165) is 38.4 Å². The zero-order valence-electron chi connectivity index (χ0n) is 20.7. The summed E-state index contributed by atoms with van der Waals surface area (Å²) < 4.78 is 26.7. The molecule has 1 aliphatic carbocycles. The van der Waals surface area contributed by atoms with Crippen LogP contribution in [0, 0.1) is 23.5 Å². The summed E-state index contributed by atoms with van der Waals surface area (Å²) >= 11 is 0. The number of allylic oxidation sites excluding steroid dienone is 1. The third kappa shape index (κ3) is 5.02. The van der Waals surface area contributed by atoms with Gasteiger partial charge in [-0.25, -0.2) is 8.78 Å². The Morgan fingerprint density at radius 2 is 1.86 bits per heavy atom. The van der Waals surface area contributed by atoms with Crippen molar-refractivity contribution in [2.75, 3.05) is 32.7 Å². The molecule has 4 nitrogen and oxygen atoms in total. The van der Waals surface area contributed by atoms with Gasteiger partial charge in [0.1, 0.15) is 11.6 Å². The first-order valence-corrected chi connectivity index (χ1v) is 13.0. The van der Waals surface area contributed by atoms with Gasteiger partial charge in [0.25, 0.3) is 0 Å². The normalized spacial score (nSPS) is 25.6. The molecule has 6 heteroatoms. The Kier molecular flexibility index (Phi) is 7.09. The van der Waals surface area contributed by atoms with E-state index in [4.69, 9.17) is 0 Å². The molecule has 1 N–H and O–H groups in total. The fraction of sp³-hybridized carbons (Fsp3) is 0.433. The van der Waals surface area contributed by atoms with Gasteiger partial charge in [-0.2, -0.15) is 0 Å². The maximum atomic E-state index is 13.4. The van der Waals surface area contributed by atoms with E-state index < -0.39 is 17.7 Å². The van der Waals surface area contributed by atoms with Gasteiger partial charge in [0.15, 0.2) is 0 Å². The summed E-state index contributed by atoms with van der Waals surface area (Å²) in [4.78, 5) is 16.7. The molecule has 0 bridgehead atoms. The number of benzene rings is 2. The molecule has 36 heavy (non-hydrogen) atoms. The molecule has 3 atom stereocenters. The van der Waals surface area contributed by atoms with Crippen LogP contribution in [0.2, 0.25) is 0 Å². The summed E-state index contributed by atoms with van der Waals surface area (Å²) in [6.45, 7) is 6.05. The van der Waals surface area contributed by atoms with Gasteiger partial charge < -0.3 is 14.9 Å². The fourth-order valence-corrected chi connectivity index (χ4v) is 6.30. The molecule has 1 amide bonds. The second-order valence-corrected chi connectivity index (χ2v) is 10.6. The third-order valence-corrected chi connectivity index (χ3v) is 8.42. The lowest BCUT2D eigenvalue weighted by Crippen LogP contribution is -2.51. The minimum Gasteiger partial charge on any atom is -0.392 e. The number of piperidine rings is 2. The number of aliphatic hydroxyl groups excluding tert-OH is 1. The molecule has 0 saturated carbocycles. The molecule has 2 aromatic carbocycles. The third-order valence-electron chi connectivity index (χ3n) is 8.42. The molecule has 190 valence electrons. The lowest BCUT2D eigenvalue weighted by molar-refractivity contribution is -0.128. The van der Waals surface area contributed by atoms with Crippen LogP contribution in [0.1, 0.15) is 42.9 Å². The van der Waals surface area contributed by atoms with E-state index in [0.29, 0.717) is 31.1 Å². The number of amides is 1. The van der Waals surface area contributed by atoms with Crippen LogP contribution >= 0.6 is 0 Å². The number of hydrogen-bond acceptors (Lipinski definition) is 3. The van der Waals surface area contributed by atoms with Crippen LogP contribution in [0.25, 0.3) is 12.2 Å². The monoisotopic (exact) mass is 492 g/mol. The van der Waals surface area contributed by atoms with Gasteiger partial charge >= 0.3 is 0 Å². The molecule has 2 heterocycles. The Labute approximate surface area is 211 Å². The molecule has 3 aliphatic rings. The average Bonchev–Trinajstić information content (AvgIpc) is 3.24. The SMILES string of the molecule is C[C@H]1CN(CC(O)C2CCN(C(=O)/C=C/c3cc(F)cc(F)c3)CC2)CC[C@@]12C=Cc1ccccc12. The molecular formula is C30H34F2N2O2. The van der Waals surface area contributed by atoms with Crippen molar-refractivity contribution in [2.45, 2.75) is 37.7 Å². The molecule has 1 spiro atoms. The van der Waals surface area contributed by atoms with E-state index in [1.807, 2.05) is 0 Å².